The molecule has 6 nitrogen and oxygen atoms in total. The largest absolute Gasteiger partial charge is 0.451 e. The molecule has 0 fully saturated rings. The molecule has 0 radical (unpaired) electrons. The molecule has 1 aliphatic rings. The van der Waals surface area contributed by atoms with Crippen LogP contribution in [0, 0.1) is 0 Å². The third kappa shape index (κ3) is 3.85. The summed E-state index contributed by atoms with van der Waals surface area (Å²) in [7, 11) is 1.65. The highest BCUT2D eigenvalue weighted by molar-refractivity contribution is 5.98. The third-order valence-corrected chi connectivity index (χ3v) is 4.66. The summed E-state index contributed by atoms with van der Waals surface area (Å²) in [4.78, 5) is 35.8. The summed E-state index contributed by atoms with van der Waals surface area (Å²) in [6, 6.07) is 9.49. The molecule has 1 atom stereocenters. The fourth-order valence-corrected chi connectivity index (χ4v) is 3.30. The molecule has 1 aromatic heterocycles. The Labute approximate surface area is 152 Å². The first-order valence-electron chi connectivity index (χ1n) is 8.67. The molecule has 1 aliphatic carbocycles. The third-order valence-electron chi connectivity index (χ3n) is 4.66. The van der Waals surface area contributed by atoms with Gasteiger partial charge in [0.25, 0.3) is 5.91 Å². The van der Waals surface area contributed by atoms with Crippen LogP contribution in [0.5, 0.6) is 0 Å². The Balaban J connectivity index is 1.58. The minimum Gasteiger partial charge on any atom is -0.451 e. The molecule has 0 aliphatic heterocycles. The first-order chi connectivity index (χ1) is 12.5. The van der Waals surface area contributed by atoms with Crippen LogP contribution >= 0.6 is 0 Å². The first-order valence-corrected chi connectivity index (χ1v) is 8.67. The molecule has 1 aromatic carbocycles. The zero-order valence-corrected chi connectivity index (χ0v) is 15.0. The van der Waals surface area contributed by atoms with Crippen molar-refractivity contribution in [1.82, 2.24) is 9.88 Å². The van der Waals surface area contributed by atoms with Gasteiger partial charge in [-0.25, -0.2) is 4.79 Å². The fraction of sp³-hybridized carbons (Fsp3) is 0.350. The molecule has 0 saturated carbocycles. The number of Topliss-reactive ketones (excluding diaryl/α,β-unsaturated/α-hetero) is 1. The topological polar surface area (TPSA) is 77.4 Å². The Hall–Kier alpha value is -2.89. The number of esters is 1. The van der Waals surface area contributed by atoms with E-state index in [0.717, 1.165) is 24.8 Å². The lowest BCUT2D eigenvalue weighted by Crippen LogP contribution is -2.34. The Morgan fingerprint density at radius 2 is 2.04 bits per heavy atom. The molecule has 136 valence electrons. The van der Waals surface area contributed by atoms with Crippen molar-refractivity contribution in [2.45, 2.75) is 32.2 Å². The van der Waals surface area contributed by atoms with Gasteiger partial charge >= 0.3 is 5.97 Å². The van der Waals surface area contributed by atoms with E-state index in [1.165, 1.54) is 23.1 Å². The zero-order valence-electron chi connectivity index (χ0n) is 15.0. The predicted molar refractivity (Wildman–Crippen MR) is 96.0 cm³/mol. The number of ether oxygens (including phenoxy) is 1. The summed E-state index contributed by atoms with van der Waals surface area (Å²) in [5.74, 6) is -1.09. The van der Waals surface area contributed by atoms with Crippen molar-refractivity contribution < 1.29 is 19.1 Å². The van der Waals surface area contributed by atoms with Gasteiger partial charge in [-0.2, -0.15) is 0 Å². The average molecular weight is 354 g/mol. The van der Waals surface area contributed by atoms with Crippen LogP contribution in [0.3, 0.4) is 0 Å². The number of benzene rings is 1. The minimum atomic E-state index is -0.626. The van der Waals surface area contributed by atoms with Crippen LogP contribution in [-0.2, 0) is 23.0 Å². The minimum absolute atomic E-state index is 0.0505. The van der Waals surface area contributed by atoms with E-state index in [1.807, 2.05) is 18.2 Å². The monoisotopic (exact) mass is 354 g/mol. The number of rotatable bonds is 5. The van der Waals surface area contributed by atoms with Gasteiger partial charge in [0.15, 0.2) is 12.4 Å². The van der Waals surface area contributed by atoms with E-state index < -0.39 is 5.97 Å². The number of aryl methyl sites for hydroxylation is 2. The van der Waals surface area contributed by atoms with Crippen molar-refractivity contribution in [1.29, 1.82) is 0 Å². The summed E-state index contributed by atoms with van der Waals surface area (Å²) in [6.07, 6.45) is 4.47. The summed E-state index contributed by atoms with van der Waals surface area (Å²) in [5, 5.41) is 2.94. The summed E-state index contributed by atoms with van der Waals surface area (Å²) in [5.41, 5.74) is 3.06. The van der Waals surface area contributed by atoms with Crippen molar-refractivity contribution in [3.8, 4) is 0 Å². The molecule has 6 heteroatoms. The van der Waals surface area contributed by atoms with Crippen LogP contribution in [0.15, 0.2) is 36.5 Å². The maximum Gasteiger partial charge on any atom is 0.355 e. The molecule has 1 N–H and O–H groups in total. The lowest BCUT2D eigenvalue weighted by atomic mass is 9.88. The Morgan fingerprint density at radius 1 is 1.27 bits per heavy atom. The first kappa shape index (κ1) is 17.9. The molecule has 26 heavy (non-hydrogen) atoms. The van der Waals surface area contributed by atoms with Gasteiger partial charge in [0.2, 0.25) is 0 Å². The second-order valence-corrected chi connectivity index (χ2v) is 6.57. The SMILES string of the molecule is CC(=O)c1cc(C(=O)OCC(=O)N[C@H]2CCCc3ccccc32)n(C)c1. The van der Waals surface area contributed by atoms with Crippen molar-refractivity contribution in [2.24, 2.45) is 7.05 Å². The zero-order chi connectivity index (χ0) is 18.7. The molecule has 0 spiro atoms. The Bertz CT molecular complexity index is 853. The van der Waals surface area contributed by atoms with Crippen molar-refractivity contribution in [3.63, 3.8) is 0 Å². The second-order valence-electron chi connectivity index (χ2n) is 6.57. The highest BCUT2D eigenvalue weighted by atomic mass is 16.5. The number of carbonyl (C=O) groups excluding carboxylic acids is 3. The summed E-state index contributed by atoms with van der Waals surface area (Å²) < 4.78 is 6.63. The number of nitrogens with zero attached hydrogens (tertiary/aromatic N) is 1. The number of fused-ring (bicyclic) bond motifs is 1. The van der Waals surface area contributed by atoms with Crippen molar-refractivity contribution >= 4 is 17.7 Å². The molecule has 0 unspecified atom stereocenters. The fourth-order valence-electron chi connectivity index (χ4n) is 3.30. The van der Waals surface area contributed by atoms with Gasteiger partial charge in [0, 0.05) is 18.8 Å². The van der Waals surface area contributed by atoms with Crippen LogP contribution < -0.4 is 5.32 Å². The summed E-state index contributed by atoms with van der Waals surface area (Å²) >= 11 is 0. The highest BCUT2D eigenvalue weighted by Gasteiger charge is 2.22. The Morgan fingerprint density at radius 3 is 2.77 bits per heavy atom. The number of carbonyl (C=O) groups is 3. The number of ketones is 1. The quantitative estimate of drug-likeness (QED) is 0.661. The molecular formula is C20H22N2O4. The lowest BCUT2D eigenvalue weighted by molar-refractivity contribution is -0.125. The van der Waals surface area contributed by atoms with E-state index in [9.17, 15) is 14.4 Å². The van der Waals surface area contributed by atoms with Crippen LogP contribution in [0.1, 0.15) is 57.8 Å². The number of amides is 1. The molecule has 3 rings (SSSR count). The second kappa shape index (κ2) is 7.56. The standard InChI is InChI=1S/C20H22N2O4/c1-13(23)15-10-18(22(2)11-15)20(25)26-12-19(24)21-17-9-5-7-14-6-3-4-8-16(14)17/h3-4,6,8,10-11,17H,5,7,9,12H2,1-2H3,(H,21,24)/t17-/m0/s1. The van der Waals surface area contributed by atoms with E-state index in [2.05, 4.69) is 11.4 Å². The van der Waals surface area contributed by atoms with Crippen LogP contribution in [0.4, 0.5) is 0 Å². The molecule has 1 heterocycles. The van der Waals surface area contributed by atoms with Gasteiger partial charge in [-0.1, -0.05) is 24.3 Å². The maximum atomic E-state index is 12.2. The molecular weight excluding hydrogens is 332 g/mol. The molecule has 0 bridgehead atoms. The molecule has 0 saturated heterocycles. The van der Waals surface area contributed by atoms with E-state index in [0.29, 0.717) is 5.56 Å². The van der Waals surface area contributed by atoms with Crippen molar-refractivity contribution in [3.05, 3.63) is 58.9 Å². The number of hydrogen-bond donors (Lipinski definition) is 1. The van der Waals surface area contributed by atoms with E-state index in [1.54, 1.807) is 13.2 Å². The van der Waals surface area contributed by atoms with Crippen LogP contribution in [0.2, 0.25) is 0 Å². The van der Waals surface area contributed by atoms with E-state index in [4.69, 9.17) is 4.74 Å². The Kier molecular flexibility index (Phi) is 5.21. The van der Waals surface area contributed by atoms with Crippen molar-refractivity contribution in [2.75, 3.05) is 6.61 Å². The maximum absolute atomic E-state index is 12.2. The molecule has 1 amide bonds. The normalized spacial score (nSPS) is 15.8. The number of nitrogens with one attached hydrogen (secondary N) is 1. The van der Waals surface area contributed by atoms with Gasteiger partial charge in [-0.05, 0) is 43.4 Å². The van der Waals surface area contributed by atoms with Gasteiger partial charge in [-0.3, -0.25) is 9.59 Å². The van der Waals surface area contributed by atoms with Gasteiger partial charge in [-0.15, -0.1) is 0 Å². The van der Waals surface area contributed by atoms with Gasteiger partial charge in [0.05, 0.1) is 6.04 Å². The van der Waals surface area contributed by atoms with Crippen LogP contribution in [0.25, 0.3) is 0 Å². The van der Waals surface area contributed by atoms with Gasteiger partial charge in [0.1, 0.15) is 5.69 Å². The number of aromatic nitrogens is 1. The highest BCUT2D eigenvalue weighted by Crippen LogP contribution is 2.29. The smallest absolute Gasteiger partial charge is 0.355 e. The lowest BCUT2D eigenvalue weighted by Gasteiger charge is -2.26. The summed E-state index contributed by atoms with van der Waals surface area (Å²) in [6.45, 7) is 1.08. The predicted octanol–water partition coefficient (Wildman–Crippen LogP) is 2.58. The van der Waals surface area contributed by atoms with Gasteiger partial charge < -0.3 is 14.6 Å². The average Bonchev–Trinajstić information content (AvgIpc) is 3.02. The van der Waals surface area contributed by atoms with E-state index >= 15 is 0 Å². The van der Waals surface area contributed by atoms with E-state index in [-0.39, 0.29) is 30.0 Å². The van der Waals surface area contributed by atoms with Crippen LogP contribution in [-0.4, -0.2) is 28.8 Å². The number of hydrogen-bond acceptors (Lipinski definition) is 4. The molecule has 2 aromatic rings.